The summed E-state index contributed by atoms with van der Waals surface area (Å²) >= 11 is 1.72. The van der Waals surface area contributed by atoms with E-state index in [1.165, 1.54) is 0 Å². The number of benzene rings is 2. The highest BCUT2D eigenvalue weighted by molar-refractivity contribution is 8.02. The topological polar surface area (TPSA) is 97.6 Å². The molecular formula is C30H29N5O2S. The first kappa shape index (κ1) is 25.7. The van der Waals surface area contributed by atoms with E-state index in [9.17, 15) is 10.1 Å². The van der Waals surface area contributed by atoms with Crippen molar-refractivity contribution in [3.8, 4) is 17.2 Å². The van der Waals surface area contributed by atoms with Gasteiger partial charge in [0.05, 0.1) is 29.8 Å². The van der Waals surface area contributed by atoms with Gasteiger partial charge in [-0.05, 0) is 47.9 Å². The fourth-order valence-corrected chi connectivity index (χ4v) is 5.53. The van der Waals surface area contributed by atoms with Gasteiger partial charge in [-0.2, -0.15) is 10.2 Å². The number of nitriles is 1. The van der Waals surface area contributed by atoms with Crippen LogP contribution in [0.2, 0.25) is 0 Å². The molecule has 5 rings (SSSR count). The maximum Gasteiger partial charge on any atom is 0.257 e. The van der Waals surface area contributed by atoms with Gasteiger partial charge < -0.3 is 4.52 Å². The molecule has 1 unspecified atom stereocenters. The second-order valence-electron chi connectivity index (χ2n) is 9.43. The van der Waals surface area contributed by atoms with Crippen molar-refractivity contribution in [1.29, 1.82) is 5.26 Å². The molecule has 0 saturated heterocycles. The van der Waals surface area contributed by atoms with E-state index in [0.29, 0.717) is 35.1 Å². The average Bonchev–Trinajstić information content (AvgIpc) is 3.64. The Kier molecular flexibility index (Phi) is 7.85. The highest BCUT2D eigenvalue weighted by Crippen LogP contribution is 2.28. The minimum absolute atomic E-state index is 0.0647. The molecule has 2 aromatic carbocycles. The number of allylic oxidation sites excluding steroid dienone is 1. The Morgan fingerprint density at radius 1 is 1.16 bits per heavy atom. The van der Waals surface area contributed by atoms with Gasteiger partial charge in [-0.3, -0.25) is 9.36 Å². The normalized spacial score (nSPS) is 14.6. The molecule has 7 nitrogen and oxygen atoms in total. The van der Waals surface area contributed by atoms with Gasteiger partial charge >= 0.3 is 0 Å². The first-order chi connectivity index (χ1) is 18.6. The molecule has 4 aromatic rings. The monoisotopic (exact) mass is 523 g/mol. The summed E-state index contributed by atoms with van der Waals surface area (Å²) in [6.07, 6.45) is 5.29. The lowest BCUT2D eigenvalue weighted by atomic mass is 9.97. The first-order valence-corrected chi connectivity index (χ1v) is 13.9. The van der Waals surface area contributed by atoms with E-state index in [2.05, 4.69) is 29.2 Å². The largest absolute Gasteiger partial charge is 0.339 e. The van der Waals surface area contributed by atoms with Crippen LogP contribution in [0, 0.1) is 18.3 Å². The number of thioether (sulfide) groups is 1. The van der Waals surface area contributed by atoms with E-state index in [4.69, 9.17) is 9.51 Å². The van der Waals surface area contributed by atoms with E-state index in [1.807, 2.05) is 60.9 Å². The van der Waals surface area contributed by atoms with E-state index in [0.717, 1.165) is 47.4 Å². The van der Waals surface area contributed by atoms with Crippen LogP contribution in [0.25, 0.3) is 11.1 Å². The van der Waals surface area contributed by atoms with E-state index in [1.54, 1.807) is 16.3 Å². The summed E-state index contributed by atoms with van der Waals surface area (Å²) in [5.41, 5.74) is 5.02. The molecule has 0 amide bonds. The van der Waals surface area contributed by atoms with Gasteiger partial charge in [0.15, 0.2) is 5.82 Å². The van der Waals surface area contributed by atoms with Gasteiger partial charge in [-0.15, -0.1) is 11.8 Å². The molecular weight excluding hydrogens is 494 g/mol. The lowest BCUT2D eigenvalue weighted by molar-refractivity contribution is 0.367. The number of hydrogen-bond donors (Lipinski definition) is 0. The molecule has 0 radical (unpaired) electrons. The van der Waals surface area contributed by atoms with Crippen LogP contribution in [0.4, 0.5) is 0 Å². The zero-order valence-electron chi connectivity index (χ0n) is 21.6. The highest BCUT2D eigenvalue weighted by atomic mass is 32.2. The number of aryl methyl sites for hydroxylation is 2. The SMILES string of the molecule is CCCCc1nc(C)n(Cc2noc(C3C=CSC3)n2)c(=O)c1Cc1ccc(-c2ccccc2C#N)cc1. The molecule has 38 heavy (non-hydrogen) atoms. The lowest BCUT2D eigenvalue weighted by Crippen LogP contribution is -2.30. The summed E-state index contributed by atoms with van der Waals surface area (Å²) in [4.78, 5) is 23.2. The number of hydrogen-bond acceptors (Lipinski definition) is 7. The Bertz CT molecular complexity index is 1560. The van der Waals surface area contributed by atoms with Crippen LogP contribution in [0.3, 0.4) is 0 Å². The molecule has 0 fully saturated rings. The predicted molar refractivity (Wildman–Crippen MR) is 149 cm³/mol. The Balaban J connectivity index is 1.44. The zero-order chi connectivity index (χ0) is 26.5. The summed E-state index contributed by atoms with van der Waals surface area (Å²) in [5.74, 6) is 2.71. The van der Waals surface area contributed by atoms with Crippen molar-refractivity contribution in [3.05, 3.63) is 110 Å². The van der Waals surface area contributed by atoms with Crippen molar-refractivity contribution >= 4 is 11.8 Å². The van der Waals surface area contributed by atoms with Gasteiger partial charge in [-0.25, -0.2) is 4.98 Å². The van der Waals surface area contributed by atoms with Gasteiger partial charge in [-0.1, -0.05) is 67.0 Å². The third kappa shape index (κ3) is 5.48. The molecule has 0 saturated carbocycles. The standard InChI is InChI=1S/C30H29N5O2S/c1-3-4-9-27-26(16-21-10-12-22(13-11-21)25-8-6-5-7-23(25)17-31)30(36)35(20(2)32-27)18-28-33-29(37-34-28)24-14-15-38-19-24/h5-8,10-15,24H,3-4,9,16,18-19H2,1-2H3. The van der Waals surface area contributed by atoms with Crippen LogP contribution in [0.15, 0.2) is 69.3 Å². The molecule has 8 heteroatoms. The average molecular weight is 524 g/mol. The van der Waals surface area contributed by atoms with Crippen molar-refractivity contribution in [3.63, 3.8) is 0 Å². The molecule has 1 atom stereocenters. The Labute approximate surface area is 226 Å². The second-order valence-corrected chi connectivity index (χ2v) is 10.4. The van der Waals surface area contributed by atoms with Gasteiger partial charge in [0.1, 0.15) is 5.82 Å². The molecule has 0 spiro atoms. The smallest absolute Gasteiger partial charge is 0.257 e. The van der Waals surface area contributed by atoms with E-state index in [-0.39, 0.29) is 18.0 Å². The number of unbranched alkanes of at least 4 members (excludes halogenated alkanes) is 1. The van der Waals surface area contributed by atoms with E-state index >= 15 is 0 Å². The molecule has 2 aromatic heterocycles. The maximum absolute atomic E-state index is 13.8. The molecule has 192 valence electrons. The fraction of sp³-hybridized carbons (Fsp3) is 0.300. The Morgan fingerprint density at radius 2 is 1.97 bits per heavy atom. The third-order valence-corrected chi connectivity index (χ3v) is 7.68. The zero-order valence-corrected chi connectivity index (χ0v) is 22.4. The van der Waals surface area contributed by atoms with Crippen LogP contribution >= 0.6 is 11.8 Å². The van der Waals surface area contributed by atoms with Crippen molar-refractivity contribution in [2.75, 3.05) is 5.75 Å². The Morgan fingerprint density at radius 3 is 2.71 bits per heavy atom. The minimum atomic E-state index is -0.0647. The molecule has 0 aliphatic carbocycles. The summed E-state index contributed by atoms with van der Waals surface area (Å²) in [5, 5.41) is 15.6. The van der Waals surface area contributed by atoms with Crippen LogP contribution in [-0.4, -0.2) is 25.4 Å². The molecule has 1 aliphatic heterocycles. The molecule has 3 heterocycles. The summed E-state index contributed by atoms with van der Waals surface area (Å²) in [7, 11) is 0. The van der Waals surface area contributed by atoms with Crippen molar-refractivity contribution in [2.45, 2.75) is 52.0 Å². The number of nitrogens with zero attached hydrogens (tertiary/aromatic N) is 5. The van der Waals surface area contributed by atoms with E-state index < -0.39 is 0 Å². The first-order valence-electron chi connectivity index (χ1n) is 12.9. The summed E-state index contributed by atoms with van der Waals surface area (Å²) < 4.78 is 7.13. The predicted octanol–water partition coefficient (Wildman–Crippen LogP) is 5.80. The molecule has 0 bridgehead atoms. The minimum Gasteiger partial charge on any atom is -0.339 e. The summed E-state index contributed by atoms with van der Waals surface area (Å²) in [6, 6.07) is 17.9. The number of aromatic nitrogens is 4. The highest BCUT2D eigenvalue weighted by Gasteiger charge is 2.21. The van der Waals surface area contributed by atoms with Gasteiger partial charge in [0, 0.05) is 17.7 Å². The van der Waals surface area contributed by atoms with Crippen LogP contribution < -0.4 is 5.56 Å². The third-order valence-electron chi connectivity index (χ3n) is 6.78. The van der Waals surface area contributed by atoms with Crippen LogP contribution in [0.1, 0.15) is 65.6 Å². The van der Waals surface area contributed by atoms with Crippen molar-refractivity contribution in [2.24, 2.45) is 0 Å². The fourth-order valence-electron chi connectivity index (χ4n) is 4.65. The molecule has 1 aliphatic rings. The van der Waals surface area contributed by atoms with Crippen molar-refractivity contribution in [1.82, 2.24) is 19.7 Å². The van der Waals surface area contributed by atoms with Crippen LogP contribution in [0.5, 0.6) is 0 Å². The Hall–Kier alpha value is -3.96. The van der Waals surface area contributed by atoms with Crippen LogP contribution in [-0.2, 0) is 19.4 Å². The number of rotatable bonds is 9. The maximum atomic E-state index is 13.8. The van der Waals surface area contributed by atoms with Gasteiger partial charge in [0.2, 0.25) is 5.89 Å². The quantitative estimate of drug-likeness (QED) is 0.273. The summed E-state index contributed by atoms with van der Waals surface area (Å²) in [6.45, 7) is 4.21. The second kappa shape index (κ2) is 11.6. The van der Waals surface area contributed by atoms with Gasteiger partial charge in [0.25, 0.3) is 5.56 Å². The molecule has 0 N–H and O–H groups in total. The lowest BCUT2D eigenvalue weighted by Gasteiger charge is -2.15. The van der Waals surface area contributed by atoms with Crippen molar-refractivity contribution < 1.29 is 4.52 Å².